The minimum atomic E-state index is -4.07. The summed E-state index contributed by atoms with van der Waals surface area (Å²) < 4.78 is 91.5. The Labute approximate surface area is 722 Å². The standard InChI is InChI=1S/C86H149N6O29P/c1-58-59(2)73(52-114-67(10)95)119-83(64(58)7)111-46-27-22-35-70(98)32-18-16-19-34-72(100)41-50-109-55-86(92-79(104)39-30-38-77(102)87-43-25-14-15-26-49-118-122(106,107)108-13,57-117-80(105)40-21-17-20-33-71(99)36-23-28-47-112-84-81(90-65(8)93)62(5)60(3)74(120-84)53-115-68(11)96)56-110-51-42-78(103)89-45-31-44-88-76(101)37-24-29-48-113-85-82(91-66(9)94)63(6)61(4)75(121-85)54-116-69(12)97/h58-64,73-75,81-85H,14-57H2,1-13H3,(H,87,102)(H,88,101)(H,89,103)(H,90,93)(H,91,94)(H,92,104)(H,106,107)/t58-,59+,60+,61+,62-,63-,64?,73?,74?,75?,81?,82?,83+,84+,85+,86?/m0/s1. The van der Waals surface area contributed by atoms with Gasteiger partial charge in [-0.05, 0) is 125 Å². The molecule has 0 aromatic rings. The van der Waals surface area contributed by atoms with Crippen LogP contribution in [0.15, 0.2) is 0 Å². The van der Waals surface area contributed by atoms with Crippen LogP contribution in [0.1, 0.15) is 269 Å². The summed E-state index contributed by atoms with van der Waals surface area (Å²) in [6, 6.07) is -0.878. The Hall–Kier alpha value is -6.50. The maximum Gasteiger partial charge on any atom is 0.471 e. The van der Waals surface area contributed by atoms with Gasteiger partial charge in [-0.25, -0.2) is 4.57 Å². The molecule has 122 heavy (non-hydrogen) atoms. The molecule has 0 aromatic carbocycles. The number of Topliss-reactive ketones (excluding diaryl/α,β-unsaturated/α-hetero) is 3. The van der Waals surface area contributed by atoms with Gasteiger partial charge in [0.1, 0.15) is 49.3 Å². The average molecular weight is 1760 g/mol. The smallest absolute Gasteiger partial charge is 0.463 e. The van der Waals surface area contributed by atoms with Gasteiger partial charge in [0, 0.05) is 158 Å². The Bertz CT molecular complexity index is 3190. The number of hydrogen-bond donors (Lipinski definition) is 7. The normalized spacial score (nSPS) is 23.6. The first-order chi connectivity index (χ1) is 58.1. The van der Waals surface area contributed by atoms with Gasteiger partial charge in [-0.2, -0.15) is 0 Å². The van der Waals surface area contributed by atoms with E-state index < -0.39 is 86.9 Å². The number of phosphoric acid groups is 1. The van der Waals surface area contributed by atoms with Gasteiger partial charge in [-0.15, -0.1) is 0 Å². The van der Waals surface area contributed by atoms with Gasteiger partial charge in [0.05, 0.1) is 63.4 Å². The van der Waals surface area contributed by atoms with Gasteiger partial charge in [0.25, 0.3) is 0 Å². The quantitative estimate of drug-likeness (QED) is 0.0129. The van der Waals surface area contributed by atoms with Crippen LogP contribution in [0.2, 0.25) is 0 Å². The summed E-state index contributed by atoms with van der Waals surface area (Å²) in [6.07, 6.45) is 7.93. The highest BCUT2D eigenvalue weighted by atomic mass is 31.2. The molecule has 0 radical (unpaired) electrons. The van der Waals surface area contributed by atoms with E-state index in [2.05, 4.69) is 57.2 Å². The summed E-state index contributed by atoms with van der Waals surface area (Å²) >= 11 is 0. The van der Waals surface area contributed by atoms with Crippen LogP contribution in [-0.2, 0) is 133 Å². The number of carbonyl (C=O) groups is 13. The lowest BCUT2D eigenvalue weighted by molar-refractivity contribution is -0.255. The second-order valence-electron chi connectivity index (χ2n) is 33.0. The molecule has 702 valence electrons. The molecular formula is C86H149N6O29P. The van der Waals surface area contributed by atoms with Crippen molar-refractivity contribution < 1.29 is 138 Å². The molecule has 3 saturated heterocycles. The predicted molar refractivity (Wildman–Crippen MR) is 447 cm³/mol. The largest absolute Gasteiger partial charge is 0.471 e. The zero-order chi connectivity index (χ0) is 90.4. The van der Waals surface area contributed by atoms with Crippen molar-refractivity contribution in [2.24, 2.45) is 41.4 Å². The van der Waals surface area contributed by atoms with Gasteiger partial charge in [0.15, 0.2) is 18.9 Å². The number of amides is 6. The second kappa shape index (κ2) is 62.6. The van der Waals surface area contributed by atoms with Gasteiger partial charge >= 0.3 is 31.7 Å². The van der Waals surface area contributed by atoms with Gasteiger partial charge < -0.3 is 93.6 Å². The van der Waals surface area contributed by atoms with Crippen LogP contribution < -0.4 is 31.9 Å². The highest BCUT2D eigenvalue weighted by molar-refractivity contribution is 7.47. The summed E-state index contributed by atoms with van der Waals surface area (Å²) in [6.45, 7) is 21.7. The SMILES string of the molecule is COP(=O)(O)OCCCCCCNC(=O)CCCC(=O)NC(COCCC(=O)CCCCCC(=O)CCCCO[C@@H]1OC(COC(C)=O)[C@H](C)[C@H](C)C1C)(COCCC(=O)NCCCNC(=O)CCCCO[C@@H]1OC(COC(C)=O)[C@H](C)[C@H](C)C1NC(C)=O)COC(=O)CCCCCC(=O)CCCCO[C@@H]1OC(COC(C)=O)[C@H](C)[C@H](C)C1NC(C)=O. The Morgan fingerprint density at radius 2 is 0.713 bits per heavy atom. The first-order valence-corrected chi connectivity index (χ1v) is 45.8. The fraction of sp³-hybridized carbons (Fsp3) is 0.849. The number of esters is 4. The number of phosphoric ester groups is 1. The lowest BCUT2D eigenvalue weighted by Crippen LogP contribution is -2.59. The maximum atomic E-state index is 14.0. The van der Waals surface area contributed by atoms with Crippen molar-refractivity contribution in [2.75, 3.05) is 106 Å². The number of ketones is 3. The molecule has 3 aliphatic rings. The summed E-state index contributed by atoms with van der Waals surface area (Å²) in [5, 5.41) is 17.3. The average Bonchev–Trinajstić information content (AvgIpc) is 0.803. The highest BCUT2D eigenvalue weighted by Gasteiger charge is 2.46. The zero-order valence-electron chi connectivity index (χ0n) is 75.1. The molecule has 3 fully saturated rings. The van der Waals surface area contributed by atoms with Gasteiger partial charge in [-0.1, -0.05) is 74.1 Å². The first kappa shape index (κ1) is 110. The van der Waals surface area contributed by atoms with E-state index in [1.54, 1.807) is 0 Å². The number of ether oxygens (including phenoxy) is 12. The number of carbonyl (C=O) groups excluding carboxylic acids is 13. The molecule has 0 spiro atoms. The molecule has 17 atom stereocenters. The molecule has 35 nitrogen and oxygen atoms in total. The molecule has 6 amide bonds. The van der Waals surface area contributed by atoms with Crippen molar-refractivity contribution in [1.82, 2.24) is 31.9 Å². The summed E-state index contributed by atoms with van der Waals surface area (Å²) in [5.41, 5.74) is -1.58. The molecule has 0 aromatic heterocycles. The predicted octanol–water partition coefficient (Wildman–Crippen LogP) is 8.93. The van der Waals surface area contributed by atoms with Gasteiger partial charge in [0.2, 0.25) is 35.4 Å². The minimum Gasteiger partial charge on any atom is -0.463 e. The molecule has 3 aliphatic heterocycles. The lowest BCUT2D eigenvalue weighted by Gasteiger charge is -2.44. The Morgan fingerprint density at radius 1 is 0.352 bits per heavy atom. The van der Waals surface area contributed by atoms with Crippen molar-refractivity contribution in [2.45, 2.75) is 324 Å². The van der Waals surface area contributed by atoms with Crippen LogP contribution in [0.25, 0.3) is 0 Å². The van der Waals surface area contributed by atoms with E-state index in [9.17, 15) is 71.8 Å². The van der Waals surface area contributed by atoms with E-state index in [1.165, 1.54) is 34.6 Å². The van der Waals surface area contributed by atoms with Gasteiger partial charge in [-0.3, -0.25) is 71.4 Å². The maximum absolute atomic E-state index is 14.0. The van der Waals surface area contributed by atoms with E-state index in [1.807, 2.05) is 27.7 Å². The zero-order valence-corrected chi connectivity index (χ0v) is 76.0. The molecule has 0 saturated carbocycles. The van der Waals surface area contributed by atoms with Crippen LogP contribution in [0.3, 0.4) is 0 Å². The summed E-state index contributed by atoms with van der Waals surface area (Å²) in [5.74, 6) is -3.30. The van der Waals surface area contributed by atoms with E-state index in [4.69, 9.17) is 61.4 Å². The number of unbranched alkanes of at least 4 members (excludes halogenated alkanes) is 10. The van der Waals surface area contributed by atoms with Crippen molar-refractivity contribution >= 4 is 84.5 Å². The lowest BCUT2D eigenvalue weighted by atomic mass is 9.79. The Kier molecular flexibility index (Phi) is 56.3. The first-order valence-electron chi connectivity index (χ1n) is 44.3. The third kappa shape index (κ3) is 48.3. The Morgan fingerprint density at radius 3 is 1.17 bits per heavy atom. The van der Waals surface area contributed by atoms with Crippen LogP contribution >= 0.6 is 7.82 Å². The molecule has 3 heterocycles. The van der Waals surface area contributed by atoms with Crippen molar-refractivity contribution in [3.63, 3.8) is 0 Å². The molecule has 0 bridgehead atoms. The summed E-state index contributed by atoms with van der Waals surface area (Å²) in [7, 11) is -2.99. The minimum absolute atomic E-state index is 0.00218. The third-order valence-electron chi connectivity index (χ3n) is 22.7. The number of nitrogens with one attached hydrogen (secondary N) is 6. The van der Waals surface area contributed by atoms with Crippen molar-refractivity contribution in [3.8, 4) is 0 Å². The number of hydrogen-bond acceptors (Lipinski definition) is 28. The fourth-order valence-corrected chi connectivity index (χ4v) is 14.9. The highest BCUT2D eigenvalue weighted by Crippen LogP contribution is 2.42. The van der Waals surface area contributed by atoms with Crippen LogP contribution in [0.4, 0.5) is 0 Å². The number of rotatable bonds is 68. The fourth-order valence-electron chi connectivity index (χ4n) is 14.4. The third-order valence-corrected chi connectivity index (χ3v) is 23.7. The van der Waals surface area contributed by atoms with E-state index in [0.717, 1.165) is 7.11 Å². The van der Waals surface area contributed by atoms with Crippen molar-refractivity contribution in [1.29, 1.82) is 0 Å². The molecule has 8 unspecified atom stereocenters. The van der Waals surface area contributed by atoms with E-state index in [0.29, 0.717) is 142 Å². The van der Waals surface area contributed by atoms with Crippen molar-refractivity contribution in [3.05, 3.63) is 0 Å². The van der Waals surface area contributed by atoms with Crippen LogP contribution in [-0.4, -0.2) is 242 Å². The topological polar surface area (TPSA) is 461 Å². The van der Waals surface area contributed by atoms with Crippen LogP contribution in [0.5, 0.6) is 0 Å². The molecule has 36 heteroatoms. The molecule has 0 aliphatic carbocycles. The Balaban J connectivity index is 1.62. The van der Waals surface area contributed by atoms with Crippen LogP contribution in [0, 0.1) is 41.4 Å². The molecule has 7 N–H and O–H groups in total. The van der Waals surface area contributed by atoms with E-state index >= 15 is 0 Å². The summed E-state index contributed by atoms with van der Waals surface area (Å²) in [4.78, 5) is 174. The monoisotopic (exact) mass is 1760 g/mol. The van der Waals surface area contributed by atoms with E-state index in [-0.39, 0.29) is 237 Å². The molecular weight excluding hydrogens is 1610 g/mol. The molecule has 3 rings (SSSR count). The second-order valence-corrected chi connectivity index (χ2v) is 34.5.